The highest BCUT2D eigenvalue weighted by molar-refractivity contribution is 7.89. The molecule has 1 saturated carbocycles. The van der Waals surface area contributed by atoms with Crippen LogP contribution in [0.2, 0.25) is 0 Å². The minimum absolute atomic E-state index is 0.0695. The predicted molar refractivity (Wildman–Crippen MR) is 64.8 cm³/mol. The number of sulfonamides is 1. The van der Waals surface area contributed by atoms with Crippen LogP contribution in [0.1, 0.15) is 19.3 Å². The summed E-state index contributed by atoms with van der Waals surface area (Å²) in [5.74, 6) is -0.821. The van der Waals surface area contributed by atoms with Gasteiger partial charge in [-0.05, 0) is 25.0 Å². The average molecular weight is 273 g/mol. The van der Waals surface area contributed by atoms with Gasteiger partial charge < -0.3 is 5.73 Å². The Morgan fingerprint density at radius 2 is 2.22 bits per heavy atom. The second-order valence-electron chi connectivity index (χ2n) is 4.28. The average Bonchev–Trinajstić information content (AvgIpc) is 2.26. The van der Waals surface area contributed by atoms with E-state index in [2.05, 4.69) is 4.98 Å². The van der Waals surface area contributed by atoms with Crippen molar-refractivity contribution in [3.05, 3.63) is 24.1 Å². The summed E-state index contributed by atoms with van der Waals surface area (Å²) in [6.45, 7) is 0.410. The number of hydrogen-bond donors (Lipinski definition) is 1. The Kier molecular flexibility index (Phi) is 3.94. The van der Waals surface area contributed by atoms with Crippen molar-refractivity contribution < 1.29 is 12.8 Å². The summed E-state index contributed by atoms with van der Waals surface area (Å²) in [5.41, 5.74) is 5.44. The highest BCUT2D eigenvalue weighted by Gasteiger charge is 2.36. The third kappa shape index (κ3) is 2.38. The van der Waals surface area contributed by atoms with Crippen LogP contribution in [-0.4, -0.2) is 36.8 Å². The van der Waals surface area contributed by atoms with Crippen molar-refractivity contribution in [3.63, 3.8) is 0 Å². The molecule has 2 N–H and O–H groups in total. The Hall–Kier alpha value is -1.05. The van der Waals surface area contributed by atoms with E-state index in [1.165, 1.54) is 16.6 Å². The molecule has 0 saturated heterocycles. The van der Waals surface area contributed by atoms with Crippen LogP contribution in [0.25, 0.3) is 0 Å². The molecule has 1 aliphatic rings. The zero-order valence-electron chi connectivity index (χ0n) is 9.92. The van der Waals surface area contributed by atoms with Crippen LogP contribution >= 0.6 is 0 Å². The van der Waals surface area contributed by atoms with Crippen molar-refractivity contribution in [3.8, 4) is 0 Å². The molecule has 0 radical (unpaired) electrons. The highest BCUT2D eigenvalue weighted by Crippen LogP contribution is 2.29. The lowest BCUT2D eigenvalue weighted by Gasteiger charge is -2.35. The smallest absolute Gasteiger partial charge is 0.263 e. The SMILES string of the molecule is NCCN(C1CCC1)S(=O)(=O)c1ncccc1F. The molecule has 0 amide bonds. The van der Waals surface area contributed by atoms with E-state index >= 15 is 0 Å². The van der Waals surface area contributed by atoms with Crippen LogP contribution in [0.15, 0.2) is 23.4 Å². The van der Waals surface area contributed by atoms with Gasteiger partial charge in [-0.1, -0.05) is 6.42 Å². The Bertz CT molecular complexity index is 517. The molecule has 1 heterocycles. The maximum absolute atomic E-state index is 13.6. The lowest BCUT2D eigenvalue weighted by molar-refractivity contribution is 0.222. The summed E-state index contributed by atoms with van der Waals surface area (Å²) in [6.07, 6.45) is 3.87. The third-order valence-electron chi connectivity index (χ3n) is 3.11. The first-order valence-corrected chi connectivity index (χ1v) is 7.34. The number of nitrogens with zero attached hydrogens (tertiary/aromatic N) is 2. The number of halogens is 1. The lowest BCUT2D eigenvalue weighted by Crippen LogP contribution is -2.46. The van der Waals surface area contributed by atoms with E-state index in [1.807, 2.05) is 0 Å². The Morgan fingerprint density at radius 3 is 2.72 bits per heavy atom. The van der Waals surface area contributed by atoms with Gasteiger partial charge in [-0.25, -0.2) is 17.8 Å². The minimum Gasteiger partial charge on any atom is -0.329 e. The van der Waals surface area contributed by atoms with Crippen LogP contribution in [-0.2, 0) is 10.0 Å². The van der Waals surface area contributed by atoms with E-state index in [9.17, 15) is 12.8 Å². The molecule has 2 rings (SSSR count). The van der Waals surface area contributed by atoms with Gasteiger partial charge in [0.2, 0.25) is 5.03 Å². The maximum Gasteiger partial charge on any atom is 0.263 e. The van der Waals surface area contributed by atoms with Gasteiger partial charge in [-0.2, -0.15) is 4.31 Å². The largest absolute Gasteiger partial charge is 0.329 e. The molecule has 0 aliphatic heterocycles. The van der Waals surface area contributed by atoms with Gasteiger partial charge in [0.1, 0.15) is 0 Å². The van der Waals surface area contributed by atoms with E-state index in [0.29, 0.717) is 0 Å². The molecule has 0 unspecified atom stereocenters. The molecule has 100 valence electrons. The van der Waals surface area contributed by atoms with Crippen molar-refractivity contribution in [1.82, 2.24) is 9.29 Å². The number of pyridine rings is 1. The van der Waals surface area contributed by atoms with Gasteiger partial charge in [-0.15, -0.1) is 0 Å². The number of hydrogen-bond acceptors (Lipinski definition) is 4. The Morgan fingerprint density at radius 1 is 1.50 bits per heavy atom. The number of nitrogens with two attached hydrogens (primary N) is 1. The van der Waals surface area contributed by atoms with Crippen molar-refractivity contribution in [2.24, 2.45) is 5.73 Å². The molecule has 1 aliphatic carbocycles. The zero-order chi connectivity index (χ0) is 13.2. The maximum atomic E-state index is 13.6. The van der Waals surface area contributed by atoms with Crippen molar-refractivity contribution in [2.75, 3.05) is 13.1 Å². The quantitative estimate of drug-likeness (QED) is 0.857. The molecular formula is C11H16FN3O2S. The van der Waals surface area contributed by atoms with Crippen molar-refractivity contribution >= 4 is 10.0 Å². The van der Waals surface area contributed by atoms with E-state index in [0.717, 1.165) is 25.3 Å². The molecule has 0 spiro atoms. The molecular weight excluding hydrogens is 257 g/mol. The van der Waals surface area contributed by atoms with Crippen LogP contribution in [0, 0.1) is 5.82 Å². The fourth-order valence-electron chi connectivity index (χ4n) is 1.97. The first kappa shape index (κ1) is 13.4. The highest BCUT2D eigenvalue weighted by atomic mass is 32.2. The van der Waals surface area contributed by atoms with E-state index in [4.69, 9.17) is 5.73 Å². The van der Waals surface area contributed by atoms with Crippen molar-refractivity contribution in [2.45, 2.75) is 30.3 Å². The molecule has 18 heavy (non-hydrogen) atoms. The zero-order valence-corrected chi connectivity index (χ0v) is 10.7. The predicted octanol–water partition coefficient (Wildman–Crippen LogP) is 0.723. The molecule has 1 fully saturated rings. The summed E-state index contributed by atoms with van der Waals surface area (Å²) in [4.78, 5) is 3.65. The van der Waals surface area contributed by atoms with Crippen LogP contribution < -0.4 is 5.73 Å². The van der Waals surface area contributed by atoms with Gasteiger partial charge in [-0.3, -0.25) is 0 Å². The number of aromatic nitrogens is 1. The fraction of sp³-hybridized carbons (Fsp3) is 0.545. The molecule has 0 atom stereocenters. The minimum atomic E-state index is -3.89. The molecule has 1 aromatic rings. The summed E-state index contributed by atoms with van der Waals surface area (Å²) in [7, 11) is -3.89. The van der Waals surface area contributed by atoms with E-state index < -0.39 is 20.9 Å². The first-order chi connectivity index (χ1) is 8.57. The summed E-state index contributed by atoms with van der Waals surface area (Å²) in [5, 5.41) is -0.509. The van der Waals surface area contributed by atoms with Gasteiger partial charge >= 0.3 is 0 Å². The van der Waals surface area contributed by atoms with E-state index in [1.54, 1.807) is 0 Å². The van der Waals surface area contributed by atoms with Crippen molar-refractivity contribution in [1.29, 1.82) is 0 Å². The molecule has 5 nitrogen and oxygen atoms in total. The number of rotatable bonds is 5. The van der Waals surface area contributed by atoms with E-state index in [-0.39, 0.29) is 19.1 Å². The second kappa shape index (κ2) is 5.29. The second-order valence-corrected chi connectivity index (χ2v) is 6.09. The van der Waals surface area contributed by atoms with Gasteiger partial charge in [0.05, 0.1) is 0 Å². The van der Waals surface area contributed by atoms with Crippen LogP contribution in [0.3, 0.4) is 0 Å². The monoisotopic (exact) mass is 273 g/mol. The Labute approximate surface area is 106 Å². The molecule has 0 bridgehead atoms. The van der Waals surface area contributed by atoms with Gasteiger partial charge in [0.15, 0.2) is 5.82 Å². The summed E-state index contributed by atoms with van der Waals surface area (Å²) < 4.78 is 39.5. The third-order valence-corrected chi connectivity index (χ3v) is 5.00. The molecule has 7 heteroatoms. The van der Waals surface area contributed by atoms with Crippen LogP contribution in [0.4, 0.5) is 4.39 Å². The molecule has 1 aromatic heterocycles. The van der Waals surface area contributed by atoms with Crippen LogP contribution in [0.5, 0.6) is 0 Å². The topological polar surface area (TPSA) is 76.3 Å². The standard InChI is InChI=1S/C11H16FN3O2S/c12-10-5-2-7-14-11(10)18(16,17)15(8-6-13)9-3-1-4-9/h2,5,7,9H,1,3-4,6,8,13H2. The summed E-state index contributed by atoms with van der Waals surface area (Å²) >= 11 is 0. The first-order valence-electron chi connectivity index (χ1n) is 5.90. The summed E-state index contributed by atoms with van der Waals surface area (Å²) in [6, 6.07) is 2.40. The lowest BCUT2D eigenvalue weighted by atomic mass is 9.93. The normalized spacial score (nSPS) is 16.8. The fourth-order valence-corrected chi connectivity index (χ4v) is 3.65. The Balaban J connectivity index is 2.36. The molecule has 0 aromatic carbocycles. The van der Waals surface area contributed by atoms with Gasteiger partial charge in [0.25, 0.3) is 10.0 Å². The van der Waals surface area contributed by atoms with Gasteiger partial charge in [0, 0.05) is 25.3 Å².